The van der Waals surface area contributed by atoms with Crippen molar-refractivity contribution in [2.45, 2.75) is 0 Å². The Morgan fingerprint density at radius 2 is 1.22 bits per heavy atom. The molecule has 1 unspecified atom stereocenters. The summed E-state index contributed by atoms with van der Waals surface area (Å²) in [5.41, 5.74) is 0. The average Bonchev–Trinajstić information content (AvgIpc) is 2.55. The van der Waals surface area contributed by atoms with E-state index >= 15 is 0 Å². The number of benzene rings is 2. The van der Waals surface area contributed by atoms with E-state index in [4.69, 9.17) is 18.2 Å². The van der Waals surface area contributed by atoms with Crippen molar-refractivity contribution >= 4 is 38.4 Å². The van der Waals surface area contributed by atoms with Crippen LogP contribution in [0.4, 0.5) is 0 Å². The van der Waals surface area contributed by atoms with Gasteiger partial charge in [0.1, 0.15) is 0 Å². The van der Waals surface area contributed by atoms with E-state index in [0.717, 1.165) is 0 Å². The Labute approximate surface area is 158 Å². The third kappa shape index (κ3) is 8.04. The molecule has 0 aliphatic rings. The van der Waals surface area contributed by atoms with Crippen LogP contribution < -0.4 is 17.4 Å². The molecule has 2 aromatic carbocycles. The van der Waals surface area contributed by atoms with E-state index in [9.17, 15) is 16.8 Å². The summed E-state index contributed by atoms with van der Waals surface area (Å²) in [6, 6.07) is 11.4. The molecular weight excluding hydrogens is 444 g/mol. The molecule has 0 radical (unpaired) electrons. The fourth-order valence-corrected chi connectivity index (χ4v) is 3.27. The second kappa shape index (κ2) is 9.27. The summed E-state index contributed by atoms with van der Waals surface area (Å²) < 4.78 is 83.5. The van der Waals surface area contributed by atoms with Gasteiger partial charge in [-0.25, -0.2) is 0 Å². The van der Waals surface area contributed by atoms with Gasteiger partial charge in [0.25, 0.3) is 0 Å². The summed E-state index contributed by atoms with van der Waals surface area (Å²) in [5.74, 6) is -0.450. The highest BCUT2D eigenvalue weighted by Crippen LogP contribution is 2.35. The summed E-state index contributed by atoms with van der Waals surface area (Å²) in [6.45, 7) is 0. The van der Waals surface area contributed by atoms with Crippen LogP contribution in [0.3, 0.4) is 0 Å². The van der Waals surface area contributed by atoms with E-state index < -0.39 is 29.8 Å². The first-order chi connectivity index (χ1) is 12.6. The molecule has 146 valence electrons. The van der Waals surface area contributed by atoms with Gasteiger partial charge in [-0.1, -0.05) is 24.3 Å². The molecule has 0 aliphatic carbocycles. The lowest BCUT2D eigenvalue weighted by Gasteiger charge is -2.08. The molecule has 0 saturated heterocycles. The quantitative estimate of drug-likeness (QED) is 0.425. The van der Waals surface area contributed by atoms with Crippen molar-refractivity contribution in [1.82, 2.24) is 0 Å². The third-order valence-corrected chi connectivity index (χ3v) is 4.49. The summed E-state index contributed by atoms with van der Waals surface area (Å²) in [5, 5.41) is 0. The molecule has 2 rings (SSSR count). The maximum absolute atomic E-state index is 10.8. The lowest BCUT2D eigenvalue weighted by Crippen LogP contribution is -2.07. The van der Waals surface area contributed by atoms with Crippen molar-refractivity contribution in [3.63, 3.8) is 0 Å². The van der Waals surface area contributed by atoms with Crippen molar-refractivity contribution in [2.75, 3.05) is 0 Å². The molecule has 0 bridgehead atoms. The molecule has 1 atom stereocenters. The fourth-order valence-electron chi connectivity index (χ4n) is 1.58. The third-order valence-electron chi connectivity index (χ3n) is 2.46. The average molecular weight is 455 g/mol. The van der Waals surface area contributed by atoms with Crippen LogP contribution >= 0.6 is 17.6 Å². The lowest BCUT2D eigenvalue weighted by atomic mass is 10.3. The van der Waals surface area contributed by atoms with Gasteiger partial charge in [-0.2, -0.15) is 21.4 Å². The van der Waals surface area contributed by atoms with Crippen molar-refractivity contribution in [2.24, 2.45) is 4.52 Å². The van der Waals surface area contributed by atoms with E-state index in [2.05, 4.69) is 12.9 Å². The second-order valence-corrected chi connectivity index (χ2v) is 7.96. The summed E-state index contributed by atoms with van der Waals surface area (Å²) >= 11 is 0. The van der Waals surface area contributed by atoms with Crippen molar-refractivity contribution in [1.29, 1.82) is 0 Å². The molecule has 0 amide bonds. The van der Waals surface area contributed by atoms with Gasteiger partial charge in [0.2, 0.25) is 17.6 Å². The Hall–Kier alpha value is -2.01. The number of nitrogens with zero attached hydrogens (tertiary/aromatic N) is 1. The molecule has 11 nitrogen and oxygen atoms in total. The number of para-hydroxylation sites is 4. The van der Waals surface area contributed by atoms with Gasteiger partial charge in [-0.05, 0) is 24.3 Å². The first kappa shape index (κ1) is 21.3. The van der Waals surface area contributed by atoms with Gasteiger partial charge in [0.15, 0.2) is 23.0 Å². The van der Waals surface area contributed by atoms with Crippen LogP contribution in [0.25, 0.3) is 0 Å². The first-order valence-electron chi connectivity index (χ1n) is 6.65. The Morgan fingerprint density at radius 3 is 1.74 bits per heavy atom. The molecule has 0 spiro atoms. The smallest absolute Gasteiger partial charge is 0.446 e. The molecule has 2 aromatic rings. The van der Waals surface area contributed by atoms with Crippen LogP contribution in [0.2, 0.25) is 0 Å². The minimum Gasteiger partial charge on any atom is -0.450 e. The van der Waals surface area contributed by atoms with E-state index in [-0.39, 0.29) is 31.6 Å². The van der Waals surface area contributed by atoms with Gasteiger partial charge in [-0.15, -0.1) is 0 Å². The molecular formula is C12H11NO10P2S2. The Kier molecular flexibility index (Phi) is 7.31. The molecule has 0 saturated carbocycles. The zero-order valence-electron chi connectivity index (χ0n) is 13.0. The Balaban J connectivity index is 1.97. The van der Waals surface area contributed by atoms with Crippen LogP contribution in [0.5, 0.6) is 23.0 Å². The number of rotatable bonds is 9. The highest BCUT2D eigenvalue weighted by atomic mass is 32.3. The van der Waals surface area contributed by atoms with Crippen LogP contribution in [0, 0.1) is 0 Å². The van der Waals surface area contributed by atoms with E-state index in [1.165, 1.54) is 36.4 Å². The normalized spacial score (nSPS) is 12.4. The molecule has 0 heterocycles. The second-order valence-electron chi connectivity index (χ2n) is 4.38. The molecule has 0 fully saturated rings. The Morgan fingerprint density at radius 1 is 0.778 bits per heavy atom. The topological polar surface area (TPSA) is 158 Å². The lowest BCUT2D eigenvalue weighted by molar-refractivity contribution is 0.379. The van der Waals surface area contributed by atoms with E-state index in [0.29, 0.717) is 0 Å². The summed E-state index contributed by atoms with van der Waals surface area (Å²) in [4.78, 5) is 0. The highest BCUT2D eigenvalue weighted by Gasteiger charge is 2.13. The predicted octanol–water partition coefficient (Wildman–Crippen LogP) is 3.06. The minimum absolute atomic E-state index is 0.000416. The maximum atomic E-state index is 10.8. The van der Waals surface area contributed by atoms with Gasteiger partial charge >= 0.3 is 20.8 Å². The zero-order chi connectivity index (χ0) is 19.9. The van der Waals surface area contributed by atoms with Crippen LogP contribution in [-0.4, -0.2) is 25.9 Å². The maximum Gasteiger partial charge on any atom is 0.446 e. The van der Waals surface area contributed by atoms with Gasteiger partial charge < -0.3 is 17.4 Å². The van der Waals surface area contributed by atoms with E-state index in [1.54, 1.807) is 12.1 Å². The minimum atomic E-state index is -4.71. The molecule has 27 heavy (non-hydrogen) atoms. The van der Waals surface area contributed by atoms with Crippen molar-refractivity contribution in [3.8, 4) is 23.0 Å². The number of hydrogen-bond acceptors (Lipinski definition) is 9. The summed E-state index contributed by atoms with van der Waals surface area (Å²) in [7, 11) is -9.96. The number of hydrogen-bond donors (Lipinski definition) is 2. The molecule has 2 N–H and O–H groups in total. The van der Waals surface area contributed by atoms with Crippen molar-refractivity contribution in [3.05, 3.63) is 48.5 Å². The monoisotopic (exact) mass is 455 g/mol. The van der Waals surface area contributed by atoms with Crippen LogP contribution in [0.15, 0.2) is 53.0 Å². The van der Waals surface area contributed by atoms with Crippen molar-refractivity contribution < 1.29 is 43.4 Å². The predicted molar refractivity (Wildman–Crippen MR) is 96.2 cm³/mol. The molecule has 0 aromatic heterocycles. The SMILES string of the molecule is O=S(=O)(O)Oc1ccccc1OP=NPOc1ccccc1OS(=O)(=O)O. The zero-order valence-corrected chi connectivity index (χ0v) is 16.5. The van der Waals surface area contributed by atoms with Gasteiger partial charge in [-0.3, -0.25) is 9.11 Å². The first-order valence-corrected chi connectivity index (χ1v) is 11.0. The largest absolute Gasteiger partial charge is 0.450 e. The van der Waals surface area contributed by atoms with Crippen LogP contribution in [0.1, 0.15) is 0 Å². The molecule has 15 heteroatoms. The van der Waals surface area contributed by atoms with E-state index in [1.807, 2.05) is 0 Å². The van der Waals surface area contributed by atoms with Gasteiger partial charge in [0.05, 0.1) is 0 Å². The van der Waals surface area contributed by atoms with Gasteiger partial charge in [0, 0.05) is 0 Å². The summed E-state index contributed by atoms with van der Waals surface area (Å²) in [6.07, 6.45) is 0. The fraction of sp³-hybridized carbons (Fsp3) is 0. The standard InChI is InChI=1S/C12H11NO10P2S2/c14-26(15,16)22-11-7-3-1-5-9(11)20-24-13-25-21-10-6-2-4-8-12(10)23-27(17,18)19/h1-8,24H,(H,14,15,16)(H,17,18,19). The Bertz CT molecular complexity index is 1030. The molecule has 0 aliphatic heterocycles. The highest BCUT2D eigenvalue weighted by molar-refractivity contribution is 7.81. The van der Waals surface area contributed by atoms with Crippen LogP contribution in [-0.2, 0) is 20.8 Å².